The number of carbonyl (C=O) groups is 7. The zero-order chi connectivity index (χ0) is 41.8. The molecule has 2 aromatic rings. The van der Waals surface area contributed by atoms with Crippen LogP contribution in [-0.4, -0.2) is 118 Å². The lowest BCUT2D eigenvalue weighted by atomic mass is 9.99. The summed E-state index contributed by atoms with van der Waals surface area (Å²) in [7, 11) is 0. The topological polar surface area (TPSA) is 175 Å². The van der Waals surface area contributed by atoms with Gasteiger partial charge in [0.1, 0.15) is 48.2 Å². The SMILES string of the molecule is Cc1cccc(C[C@H](NC(=O)Cc2ccc(Cl)c(F)c2)C(=O)N[C@@H]2C(=O)N3CCC[C@H]3C(=O)N3CCCC[C@H]3C(=O)N[C@@H](C)C(=O)N3C[C@H](C)C[C@H]3C(=O)O[C@H]2C)c1. The summed E-state index contributed by atoms with van der Waals surface area (Å²) in [5, 5.41) is 8.19. The van der Waals surface area contributed by atoms with Crippen LogP contribution in [0.4, 0.5) is 4.39 Å². The second-order valence-corrected chi connectivity index (χ2v) is 16.6. The van der Waals surface area contributed by atoms with Gasteiger partial charge in [0.15, 0.2) is 0 Å². The molecule has 16 heteroatoms. The van der Waals surface area contributed by atoms with Gasteiger partial charge in [0.2, 0.25) is 35.4 Å². The molecule has 312 valence electrons. The Morgan fingerprint density at radius 2 is 1.60 bits per heavy atom. The molecule has 58 heavy (non-hydrogen) atoms. The number of halogens is 2. The van der Waals surface area contributed by atoms with Gasteiger partial charge in [0.05, 0.1) is 11.4 Å². The first kappa shape index (κ1) is 42.6. The fraction of sp³-hybridized carbons (Fsp3) is 0.548. The molecule has 2 aromatic carbocycles. The molecule has 3 N–H and O–H groups in total. The predicted molar refractivity (Wildman–Crippen MR) is 210 cm³/mol. The minimum Gasteiger partial charge on any atom is -0.458 e. The molecule has 4 aliphatic rings. The number of amides is 6. The van der Waals surface area contributed by atoms with Gasteiger partial charge in [-0.3, -0.25) is 28.8 Å². The maximum Gasteiger partial charge on any atom is 0.329 e. The van der Waals surface area contributed by atoms with Crippen molar-refractivity contribution in [3.63, 3.8) is 0 Å². The maximum atomic E-state index is 14.7. The highest BCUT2D eigenvalue weighted by molar-refractivity contribution is 6.30. The first-order valence-electron chi connectivity index (χ1n) is 20.1. The molecule has 6 rings (SSSR count). The van der Waals surface area contributed by atoms with Crippen LogP contribution in [0.1, 0.15) is 76.0 Å². The molecule has 0 unspecified atom stereocenters. The molecule has 0 radical (unpaired) electrons. The Morgan fingerprint density at radius 1 is 0.879 bits per heavy atom. The van der Waals surface area contributed by atoms with Gasteiger partial charge in [-0.25, -0.2) is 9.18 Å². The van der Waals surface area contributed by atoms with Crippen LogP contribution in [0.5, 0.6) is 0 Å². The van der Waals surface area contributed by atoms with Crippen LogP contribution in [0.15, 0.2) is 42.5 Å². The number of cyclic esters (lactones) is 1. The minimum absolute atomic E-state index is 0.0156. The maximum absolute atomic E-state index is 14.7. The second-order valence-electron chi connectivity index (χ2n) is 16.2. The Labute approximate surface area is 342 Å². The summed E-state index contributed by atoms with van der Waals surface area (Å²) in [5.74, 6) is -4.97. The van der Waals surface area contributed by atoms with E-state index in [9.17, 15) is 38.0 Å². The van der Waals surface area contributed by atoms with Crippen molar-refractivity contribution >= 4 is 53.0 Å². The summed E-state index contributed by atoms with van der Waals surface area (Å²) < 4.78 is 20.2. The largest absolute Gasteiger partial charge is 0.458 e. The Hall–Kier alpha value is -5.05. The summed E-state index contributed by atoms with van der Waals surface area (Å²) in [6.07, 6.45) is 1.25. The molecule has 6 amide bonds. The fourth-order valence-electron chi connectivity index (χ4n) is 8.59. The number of nitrogens with zero attached hydrogens (tertiary/aromatic N) is 3. The minimum atomic E-state index is -1.51. The fourth-order valence-corrected chi connectivity index (χ4v) is 8.70. The Morgan fingerprint density at radius 3 is 2.34 bits per heavy atom. The van der Waals surface area contributed by atoms with E-state index in [0.29, 0.717) is 49.8 Å². The highest BCUT2D eigenvalue weighted by Crippen LogP contribution is 2.29. The van der Waals surface area contributed by atoms with Crippen LogP contribution in [0.3, 0.4) is 0 Å². The Kier molecular flexibility index (Phi) is 13.4. The van der Waals surface area contributed by atoms with Gasteiger partial charge >= 0.3 is 5.97 Å². The molecule has 14 nitrogen and oxygen atoms in total. The molecule has 8 atom stereocenters. The lowest BCUT2D eigenvalue weighted by Crippen LogP contribution is -2.63. The van der Waals surface area contributed by atoms with Crippen molar-refractivity contribution in [2.45, 2.75) is 121 Å². The summed E-state index contributed by atoms with van der Waals surface area (Å²) in [4.78, 5) is 103. The number of piperidine rings is 1. The monoisotopic (exact) mass is 822 g/mol. The van der Waals surface area contributed by atoms with Crippen molar-refractivity contribution in [2.24, 2.45) is 5.92 Å². The third-order valence-electron chi connectivity index (χ3n) is 11.6. The number of hydrogen-bond donors (Lipinski definition) is 3. The molecule has 4 saturated heterocycles. The van der Waals surface area contributed by atoms with E-state index in [-0.39, 0.29) is 43.3 Å². The number of esters is 1. The molecule has 0 aromatic heterocycles. The smallest absolute Gasteiger partial charge is 0.329 e. The van der Waals surface area contributed by atoms with Gasteiger partial charge in [-0.1, -0.05) is 54.4 Å². The van der Waals surface area contributed by atoms with E-state index >= 15 is 0 Å². The number of ether oxygens (including phenoxy) is 1. The number of nitrogens with one attached hydrogen (secondary N) is 3. The number of aryl methyl sites for hydroxylation is 1. The first-order chi connectivity index (χ1) is 27.6. The summed E-state index contributed by atoms with van der Waals surface area (Å²) >= 11 is 5.84. The van der Waals surface area contributed by atoms with E-state index in [2.05, 4.69) is 16.0 Å². The third kappa shape index (κ3) is 9.62. The van der Waals surface area contributed by atoms with E-state index in [1.165, 1.54) is 33.8 Å². The van der Waals surface area contributed by atoms with E-state index in [0.717, 1.165) is 11.6 Å². The quantitative estimate of drug-likeness (QED) is 0.358. The third-order valence-corrected chi connectivity index (χ3v) is 11.9. The molecule has 4 heterocycles. The summed E-state index contributed by atoms with van der Waals surface area (Å²) in [6, 6.07) is 4.74. The van der Waals surface area contributed by atoms with Crippen molar-refractivity contribution in [1.29, 1.82) is 0 Å². The van der Waals surface area contributed by atoms with Crippen molar-refractivity contribution in [1.82, 2.24) is 30.7 Å². The molecule has 4 aliphatic heterocycles. The molecule has 0 aliphatic carbocycles. The first-order valence-corrected chi connectivity index (χ1v) is 20.5. The van der Waals surface area contributed by atoms with Gasteiger partial charge in [-0.15, -0.1) is 0 Å². The van der Waals surface area contributed by atoms with Crippen LogP contribution in [-0.2, 0) is 51.1 Å². The Bertz CT molecular complexity index is 1950. The van der Waals surface area contributed by atoms with Crippen LogP contribution < -0.4 is 16.0 Å². The second kappa shape index (κ2) is 18.3. The molecule has 0 saturated carbocycles. The van der Waals surface area contributed by atoms with E-state index in [1.807, 2.05) is 32.0 Å². The molecular formula is C42H52ClFN6O8. The van der Waals surface area contributed by atoms with Crippen molar-refractivity contribution < 1.29 is 42.7 Å². The summed E-state index contributed by atoms with van der Waals surface area (Å²) in [5.41, 5.74) is 1.94. The van der Waals surface area contributed by atoms with Crippen molar-refractivity contribution in [3.8, 4) is 0 Å². The zero-order valence-corrected chi connectivity index (χ0v) is 34.1. The van der Waals surface area contributed by atoms with Gasteiger partial charge in [-0.2, -0.15) is 0 Å². The van der Waals surface area contributed by atoms with Crippen LogP contribution in [0.25, 0.3) is 0 Å². The number of carbonyl (C=O) groups excluding carboxylic acids is 7. The van der Waals surface area contributed by atoms with E-state index in [4.69, 9.17) is 16.3 Å². The molecule has 0 spiro atoms. The van der Waals surface area contributed by atoms with Gasteiger partial charge in [-0.05, 0) is 88.5 Å². The van der Waals surface area contributed by atoms with E-state index in [1.54, 1.807) is 13.0 Å². The number of fused-ring (bicyclic) bond motifs is 3. The highest BCUT2D eigenvalue weighted by atomic mass is 35.5. The zero-order valence-electron chi connectivity index (χ0n) is 33.3. The van der Waals surface area contributed by atoms with Gasteiger partial charge in [0.25, 0.3) is 0 Å². The lowest BCUT2D eigenvalue weighted by molar-refractivity contribution is -0.163. The lowest BCUT2D eigenvalue weighted by Gasteiger charge is -2.39. The summed E-state index contributed by atoms with van der Waals surface area (Å²) in [6.45, 7) is 7.49. The van der Waals surface area contributed by atoms with Gasteiger partial charge in [0, 0.05) is 26.1 Å². The van der Waals surface area contributed by atoms with Crippen LogP contribution in [0.2, 0.25) is 5.02 Å². The normalized spacial score (nSPS) is 27.6. The molecule has 4 fully saturated rings. The Balaban J connectivity index is 1.33. The number of benzene rings is 2. The average molecular weight is 823 g/mol. The van der Waals surface area contributed by atoms with Crippen LogP contribution >= 0.6 is 11.6 Å². The predicted octanol–water partition coefficient (Wildman–Crippen LogP) is 2.60. The van der Waals surface area contributed by atoms with Crippen molar-refractivity contribution in [2.75, 3.05) is 19.6 Å². The van der Waals surface area contributed by atoms with Crippen molar-refractivity contribution in [3.05, 3.63) is 70.0 Å². The number of hydrogen-bond acceptors (Lipinski definition) is 8. The highest BCUT2D eigenvalue weighted by Gasteiger charge is 2.47. The number of rotatable bonds is 7. The molecule has 0 bridgehead atoms. The average Bonchev–Trinajstić information content (AvgIpc) is 3.84. The van der Waals surface area contributed by atoms with E-state index < -0.39 is 89.6 Å². The van der Waals surface area contributed by atoms with Crippen LogP contribution in [0, 0.1) is 18.7 Å². The molecular weight excluding hydrogens is 771 g/mol. The van der Waals surface area contributed by atoms with Gasteiger partial charge < -0.3 is 35.4 Å². The standard InChI is InChI=1S/C42H52ClFN6O8/c1-23-9-7-10-27(17-23)20-31(46-35(51)21-28-13-14-29(43)30(44)19-28)37(52)47-36-26(4)58-42(57)34-18-24(2)22-50(34)39(54)25(3)45-38(53)32-11-5-6-15-48(32)40(55)33-12-8-16-49(33)41(36)56/h7,9-10,13-14,17,19,24-26,31-34,36H,5-6,8,11-12,15-16,18,20-22H2,1-4H3,(H,45,53)(H,46,51)(H,47,52)/t24-,25+,26+,31+,32+,33+,34+,36+/m1/s1.